The van der Waals surface area contributed by atoms with E-state index in [1.165, 1.54) is 18.6 Å². The maximum atomic E-state index is 12.0. The summed E-state index contributed by atoms with van der Waals surface area (Å²) in [4.78, 5) is 33.4. The van der Waals surface area contributed by atoms with E-state index in [1.54, 1.807) is 11.0 Å². The molecule has 0 radical (unpaired) electrons. The lowest BCUT2D eigenvalue weighted by Crippen LogP contribution is -2.25. The Labute approximate surface area is 121 Å². The van der Waals surface area contributed by atoms with Crippen molar-refractivity contribution in [3.8, 4) is 0 Å². The van der Waals surface area contributed by atoms with Crippen LogP contribution in [0.5, 0.6) is 0 Å². The maximum absolute atomic E-state index is 12.0. The normalized spacial score (nSPS) is 13.2. The molecule has 0 saturated heterocycles. The predicted octanol–water partition coefficient (Wildman–Crippen LogP) is 1.64. The highest BCUT2D eigenvalue weighted by Gasteiger charge is 2.26. The molecule has 0 unspecified atom stereocenters. The lowest BCUT2D eigenvalue weighted by molar-refractivity contribution is -0.117. The van der Waals surface area contributed by atoms with E-state index in [1.807, 2.05) is 19.1 Å². The van der Waals surface area contributed by atoms with E-state index < -0.39 is 0 Å². The van der Waals surface area contributed by atoms with Crippen LogP contribution in [0.4, 0.5) is 11.4 Å². The van der Waals surface area contributed by atoms with Gasteiger partial charge in [0.1, 0.15) is 5.69 Å². The van der Waals surface area contributed by atoms with Crippen LogP contribution in [0.15, 0.2) is 36.8 Å². The number of carbonyl (C=O) groups excluding carboxylic acids is 2. The number of amides is 2. The van der Waals surface area contributed by atoms with Gasteiger partial charge in [0.2, 0.25) is 5.91 Å². The lowest BCUT2D eigenvalue weighted by atomic mass is 10.1. The molecule has 1 aliphatic heterocycles. The first-order valence-electron chi connectivity index (χ1n) is 6.69. The zero-order valence-corrected chi connectivity index (χ0v) is 11.5. The number of hydrogen-bond acceptors (Lipinski definition) is 4. The van der Waals surface area contributed by atoms with E-state index in [-0.39, 0.29) is 17.5 Å². The van der Waals surface area contributed by atoms with Crippen molar-refractivity contribution in [2.24, 2.45) is 0 Å². The summed E-state index contributed by atoms with van der Waals surface area (Å²) in [6.45, 7) is 2.59. The molecule has 1 aromatic carbocycles. The molecule has 2 aromatic rings. The lowest BCUT2D eigenvalue weighted by Gasteiger charge is -2.14. The van der Waals surface area contributed by atoms with Gasteiger partial charge < -0.3 is 10.2 Å². The van der Waals surface area contributed by atoms with Crippen LogP contribution in [0.25, 0.3) is 0 Å². The second-order valence-corrected chi connectivity index (χ2v) is 4.70. The van der Waals surface area contributed by atoms with Crippen LogP contribution in [-0.4, -0.2) is 28.3 Å². The minimum absolute atomic E-state index is 0.0879. The third kappa shape index (κ3) is 2.47. The summed E-state index contributed by atoms with van der Waals surface area (Å²) >= 11 is 0. The number of hydrogen-bond donors (Lipinski definition) is 1. The Kier molecular flexibility index (Phi) is 3.35. The van der Waals surface area contributed by atoms with Crippen LogP contribution in [0, 0.1) is 0 Å². The molecule has 0 saturated carbocycles. The van der Waals surface area contributed by atoms with Gasteiger partial charge in [0.15, 0.2) is 0 Å². The summed E-state index contributed by atoms with van der Waals surface area (Å²) in [5, 5.41) is 2.76. The Hall–Kier alpha value is -2.76. The summed E-state index contributed by atoms with van der Waals surface area (Å²) in [7, 11) is 0. The highest BCUT2D eigenvalue weighted by molar-refractivity contribution is 6.04. The first-order chi connectivity index (χ1) is 10.2. The predicted molar refractivity (Wildman–Crippen MR) is 78.2 cm³/mol. The molecule has 3 rings (SSSR count). The van der Waals surface area contributed by atoms with Crippen LogP contribution >= 0.6 is 0 Å². The van der Waals surface area contributed by atoms with Crippen molar-refractivity contribution in [3.05, 3.63) is 48.0 Å². The molecule has 1 aliphatic rings. The van der Waals surface area contributed by atoms with Gasteiger partial charge in [0, 0.05) is 30.3 Å². The number of rotatable bonds is 3. The number of nitrogens with zero attached hydrogens (tertiary/aromatic N) is 3. The molecule has 0 atom stereocenters. The molecule has 0 aliphatic carbocycles. The van der Waals surface area contributed by atoms with Crippen molar-refractivity contribution < 1.29 is 9.59 Å². The topological polar surface area (TPSA) is 75.2 Å². The van der Waals surface area contributed by atoms with Gasteiger partial charge in [0.25, 0.3) is 5.91 Å². The quantitative estimate of drug-likeness (QED) is 0.928. The fourth-order valence-corrected chi connectivity index (χ4v) is 2.42. The van der Waals surface area contributed by atoms with Crippen LogP contribution in [0.3, 0.4) is 0 Å². The number of nitrogens with one attached hydrogen (secondary N) is 1. The zero-order valence-electron chi connectivity index (χ0n) is 11.5. The molecule has 1 aromatic heterocycles. The van der Waals surface area contributed by atoms with Crippen LogP contribution in [0.1, 0.15) is 23.0 Å². The Balaban J connectivity index is 1.81. The van der Waals surface area contributed by atoms with Crippen molar-refractivity contribution in [3.63, 3.8) is 0 Å². The van der Waals surface area contributed by atoms with E-state index in [4.69, 9.17) is 0 Å². The van der Waals surface area contributed by atoms with Crippen LogP contribution in [0.2, 0.25) is 0 Å². The third-order valence-corrected chi connectivity index (χ3v) is 3.38. The zero-order chi connectivity index (χ0) is 14.8. The van der Waals surface area contributed by atoms with Gasteiger partial charge in [-0.15, -0.1) is 0 Å². The van der Waals surface area contributed by atoms with Gasteiger partial charge in [-0.2, -0.15) is 0 Å². The summed E-state index contributed by atoms with van der Waals surface area (Å²) < 4.78 is 0. The van der Waals surface area contributed by atoms with Crippen LogP contribution in [-0.2, 0) is 11.2 Å². The molecule has 2 amide bonds. The fraction of sp³-hybridized carbons (Fsp3) is 0.200. The third-order valence-electron chi connectivity index (χ3n) is 3.38. The number of benzene rings is 1. The van der Waals surface area contributed by atoms with Gasteiger partial charge in [0.05, 0.1) is 12.6 Å². The van der Waals surface area contributed by atoms with Gasteiger partial charge in [-0.3, -0.25) is 14.6 Å². The van der Waals surface area contributed by atoms with E-state index >= 15 is 0 Å². The first kappa shape index (κ1) is 13.2. The molecule has 1 N–H and O–H groups in total. The molecule has 0 spiro atoms. The molecular weight excluding hydrogens is 268 g/mol. The van der Waals surface area contributed by atoms with Crippen molar-refractivity contribution in [2.75, 3.05) is 16.8 Å². The average Bonchev–Trinajstić information content (AvgIpc) is 2.82. The van der Waals surface area contributed by atoms with Crippen LogP contribution < -0.4 is 10.2 Å². The smallest absolute Gasteiger partial charge is 0.275 e. The minimum Gasteiger partial charge on any atom is -0.321 e. The number of carbonyl (C=O) groups is 2. The molecule has 106 valence electrons. The molecule has 0 bridgehead atoms. The van der Waals surface area contributed by atoms with Gasteiger partial charge in [-0.25, -0.2) is 4.98 Å². The number of aromatic nitrogens is 2. The SMILES string of the molecule is CCN1C(=O)Cc2cc(NC(=O)c3cnccn3)ccc21. The Morgan fingerprint density at radius 1 is 1.38 bits per heavy atom. The van der Waals surface area contributed by atoms with Crippen molar-refractivity contribution in [1.82, 2.24) is 9.97 Å². The summed E-state index contributed by atoms with van der Waals surface area (Å²) in [6, 6.07) is 5.47. The number of anilines is 2. The first-order valence-corrected chi connectivity index (χ1v) is 6.69. The highest BCUT2D eigenvalue weighted by Crippen LogP contribution is 2.31. The monoisotopic (exact) mass is 282 g/mol. The van der Waals surface area contributed by atoms with Gasteiger partial charge in [-0.05, 0) is 30.7 Å². The van der Waals surface area contributed by atoms with Crippen molar-refractivity contribution in [2.45, 2.75) is 13.3 Å². The van der Waals surface area contributed by atoms with Crippen molar-refractivity contribution >= 4 is 23.2 Å². The molecule has 2 heterocycles. The van der Waals surface area contributed by atoms with Gasteiger partial charge >= 0.3 is 0 Å². The largest absolute Gasteiger partial charge is 0.321 e. The van der Waals surface area contributed by atoms with E-state index in [9.17, 15) is 9.59 Å². The Morgan fingerprint density at radius 2 is 2.24 bits per heavy atom. The Morgan fingerprint density at radius 3 is 2.95 bits per heavy atom. The minimum atomic E-state index is -0.320. The van der Waals surface area contributed by atoms with E-state index in [0.29, 0.717) is 18.7 Å². The maximum Gasteiger partial charge on any atom is 0.275 e. The highest BCUT2D eigenvalue weighted by atomic mass is 16.2. The van der Waals surface area contributed by atoms with Gasteiger partial charge in [-0.1, -0.05) is 0 Å². The second-order valence-electron chi connectivity index (χ2n) is 4.70. The number of fused-ring (bicyclic) bond motifs is 1. The number of likely N-dealkylation sites (N-methyl/N-ethyl adjacent to an activating group) is 1. The molecule has 0 fully saturated rings. The summed E-state index contributed by atoms with van der Waals surface area (Å²) in [6.07, 6.45) is 4.76. The van der Waals surface area contributed by atoms with E-state index in [2.05, 4.69) is 15.3 Å². The molecule has 6 nitrogen and oxygen atoms in total. The second kappa shape index (κ2) is 5.32. The summed E-state index contributed by atoms with van der Waals surface area (Å²) in [5.41, 5.74) is 2.75. The fourth-order valence-electron chi connectivity index (χ4n) is 2.42. The molecular formula is C15H14N4O2. The Bertz CT molecular complexity index is 700. The van der Waals surface area contributed by atoms with Crippen molar-refractivity contribution in [1.29, 1.82) is 0 Å². The standard InChI is InChI=1S/C15H14N4O2/c1-2-19-13-4-3-11(7-10(13)8-14(19)20)18-15(21)12-9-16-5-6-17-12/h3-7,9H,2,8H2,1H3,(H,18,21). The molecule has 21 heavy (non-hydrogen) atoms. The summed E-state index contributed by atoms with van der Waals surface area (Å²) in [5.74, 6) is -0.232. The van der Waals surface area contributed by atoms with E-state index in [0.717, 1.165) is 11.3 Å². The molecule has 6 heteroatoms. The average molecular weight is 282 g/mol.